The number of anilines is 1. The lowest BCUT2D eigenvalue weighted by Gasteiger charge is -2.29. The largest absolute Gasteiger partial charge is 0.369 e. The lowest BCUT2D eigenvalue weighted by molar-refractivity contribution is 0.586. The predicted octanol–water partition coefficient (Wildman–Crippen LogP) is 1.70. The van der Waals surface area contributed by atoms with Crippen molar-refractivity contribution in [1.82, 2.24) is 0 Å². The molecule has 2 rings (SSSR count). The minimum atomic E-state index is -2.84. The monoisotopic (exact) mass is 332 g/mol. The third-order valence-corrected chi connectivity index (χ3v) is 5.43. The third-order valence-electron chi connectivity index (χ3n) is 3.18. The quantitative estimate of drug-likeness (QED) is 0.895. The van der Waals surface area contributed by atoms with Crippen LogP contribution in [0.5, 0.6) is 0 Å². The predicted molar refractivity (Wildman–Crippen MR) is 77.6 cm³/mol. The zero-order valence-electron chi connectivity index (χ0n) is 10.3. The maximum atomic E-state index is 11.4. The average Bonchev–Trinajstić information content (AvgIpc) is 2.29. The number of sulfone groups is 1. The zero-order chi connectivity index (χ0) is 13.3. The topological polar surface area (TPSA) is 63.4 Å². The molecular weight excluding hydrogens is 316 g/mol. The molecule has 4 nitrogen and oxygen atoms in total. The van der Waals surface area contributed by atoms with Gasteiger partial charge in [0, 0.05) is 23.6 Å². The summed E-state index contributed by atoms with van der Waals surface area (Å²) in [6, 6.07) is 6.00. The molecule has 1 aromatic carbocycles. The van der Waals surface area contributed by atoms with Gasteiger partial charge in [0.25, 0.3) is 0 Å². The van der Waals surface area contributed by atoms with E-state index < -0.39 is 9.84 Å². The van der Waals surface area contributed by atoms with Crippen molar-refractivity contribution in [3.8, 4) is 0 Å². The van der Waals surface area contributed by atoms with Crippen LogP contribution in [0, 0.1) is 0 Å². The number of rotatable bonds is 2. The Labute approximate surface area is 116 Å². The van der Waals surface area contributed by atoms with E-state index >= 15 is 0 Å². The van der Waals surface area contributed by atoms with Crippen LogP contribution in [0.2, 0.25) is 0 Å². The molecule has 1 heterocycles. The van der Waals surface area contributed by atoms with Crippen LogP contribution in [-0.4, -0.2) is 33.0 Å². The molecule has 1 aliphatic heterocycles. The Morgan fingerprint density at radius 3 is 2.44 bits per heavy atom. The standard InChI is InChI=1S/C12H17BrN2O2S/c1-9(14)10-2-3-12(11(13)8-10)15-4-6-18(16,17)7-5-15/h2-3,8-9H,4-7,14H2,1H3. The summed E-state index contributed by atoms with van der Waals surface area (Å²) >= 11 is 3.53. The van der Waals surface area contributed by atoms with Gasteiger partial charge >= 0.3 is 0 Å². The molecule has 0 radical (unpaired) electrons. The second-order valence-corrected chi connectivity index (χ2v) is 7.80. The summed E-state index contributed by atoms with van der Waals surface area (Å²) in [5.41, 5.74) is 7.93. The Kier molecular flexibility index (Phi) is 3.99. The molecule has 0 spiro atoms. The molecule has 2 N–H and O–H groups in total. The van der Waals surface area contributed by atoms with Gasteiger partial charge in [-0.1, -0.05) is 6.07 Å². The summed E-state index contributed by atoms with van der Waals surface area (Å²) in [5, 5.41) is 0. The van der Waals surface area contributed by atoms with Crippen LogP contribution in [0.4, 0.5) is 5.69 Å². The molecule has 0 aliphatic carbocycles. The average molecular weight is 333 g/mol. The first-order chi connectivity index (χ1) is 8.39. The van der Waals surface area contributed by atoms with E-state index in [-0.39, 0.29) is 17.5 Å². The van der Waals surface area contributed by atoms with Gasteiger partial charge in [-0.15, -0.1) is 0 Å². The van der Waals surface area contributed by atoms with Gasteiger partial charge in [-0.2, -0.15) is 0 Å². The molecule has 1 saturated heterocycles. The Hall–Kier alpha value is -0.590. The second-order valence-electron chi connectivity index (χ2n) is 4.64. The highest BCUT2D eigenvalue weighted by Gasteiger charge is 2.23. The molecule has 1 unspecified atom stereocenters. The van der Waals surface area contributed by atoms with Crippen molar-refractivity contribution < 1.29 is 8.42 Å². The van der Waals surface area contributed by atoms with Gasteiger partial charge in [-0.05, 0) is 40.5 Å². The number of nitrogens with zero attached hydrogens (tertiary/aromatic N) is 1. The highest BCUT2D eigenvalue weighted by molar-refractivity contribution is 9.10. The maximum Gasteiger partial charge on any atom is 0.153 e. The molecule has 1 aliphatic rings. The molecular formula is C12H17BrN2O2S. The van der Waals surface area contributed by atoms with Gasteiger partial charge in [0.05, 0.1) is 17.2 Å². The van der Waals surface area contributed by atoms with Crippen LogP contribution in [0.25, 0.3) is 0 Å². The van der Waals surface area contributed by atoms with Crippen LogP contribution in [0.15, 0.2) is 22.7 Å². The molecule has 1 aromatic rings. The van der Waals surface area contributed by atoms with Gasteiger partial charge in [0.15, 0.2) is 9.84 Å². The van der Waals surface area contributed by atoms with Crippen LogP contribution >= 0.6 is 15.9 Å². The van der Waals surface area contributed by atoms with Crippen LogP contribution in [-0.2, 0) is 9.84 Å². The molecule has 100 valence electrons. The molecule has 6 heteroatoms. The lowest BCUT2D eigenvalue weighted by Crippen LogP contribution is -2.40. The second kappa shape index (κ2) is 5.19. The van der Waals surface area contributed by atoms with Crippen molar-refractivity contribution in [2.75, 3.05) is 29.5 Å². The van der Waals surface area contributed by atoms with Crippen molar-refractivity contribution in [3.05, 3.63) is 28.2 Å². The van der Waals surface area contributed by atoms with Gasteiger partial charge in [-0.3, -0.25) is 0 Å². The van der Waals surface area contributed by atoms with E-state index in [1.165, 1.54) is 0 Å². The Morgan fingerprint density at radius 2 is 1.94 bits per heavy atom. The van der Waals surface area contributed by atoms with Crippen LogP contribution < -0.4 is 10.6 Å². The summed E-state index contributed by atoms with van der Waals surface area (Å²) in [4.78, 5) is 2.09. The van der Waals surface area contributed by atoms with Gasteiger partial charge in [0.1, 0.15) is 0 Å². The van der Waals surface area contributed by atoms with E-state index in [0.29, 0.717) is 13.1 Å². The van der Waals surface area contributed by atoms with Gasteiger partial charge in [-0.25, -0.2) is 8.42 Å². The molecule has 18 heavy (non-hydrogen) atoms. The molecule has 0 amide bonds. The third kappa shape index (κ3) is 3.05. The smallest absolute Gasteiger partial charge is 0.153 e. The molecule has 0 aromatic heterocycles. The molecule has 0 bridgehead atoms. The fraction of sp³-hybridized carbons (Fsp3) is 0.500. The van der Waals surface area contributed by atoms with Crippen molar-refractivity contribution in [2.45, 2.75) is 13.0 Å². The van der Waals surface area contributed by atoms with E-state index in [1.54, 1.807) is 0 Å². The summed E-state index contributed by atoms with van der Waals surface area (Å²) in [7, 11) is -2.84. The normalized spacial score (nSPS) is 20.7. The van der Waals surface area contributed by atoms with Crippen LogP contribution in [0.3, 0.4) is 0 Å². The summed E-state index contributed by atoms with van der Waals surface area (Å²) in [5.74, 6) is 0.461. The first-order valence-electron chi connectivity index (χ1n) is 5.89. The number of hydrogen-bond donors (Lipinski definition) is 1. The van der Waals surface area contributed by atoms with Gasteiger partial charge in [0.2, 0.25) is 0 Å². The van der Waals surface area contributed by atoms with E-state index in [9.17, 15) is 8.42 Å². The van der Waals surface area contributed by atoms with Crippen molar-refractivity contribution in [3.63, 3.8) is 0 Å². The minimum Gasteiger partial charge on any atom is -0.369 e. The fourth-order valence-electron chi connectivity index (χ4n) is 2.02. The van der Waals surface area contributed by atoms with E-state index in [0.717, 1.165) is 15.7 Å². The Bertz CT molecular complexity index is 529. The summed E-state index contributed by atoms with van der Waals surface area (Å²) in [6.07, 6.45) is 0. The summed E-state index contributed by atoms with van der Waals surface area (Å²) < 4.78 is 23.8. The molecule has 1 atom stereocenters. The van der Waals surface area contributed by atoms with E-state index in [2.05, 4.69) is 20.8 Å². The number of nitrogens with two attached hydrogens (primary N) is 1. The number of halogens is 1. The number of hydrogen-bond acceptors (Lipinski definition) is 4. The number of benzene rings is 1. The Morgan fingerprint density at radius 1 is 1.33 bits per heavy atom. The van der Waals surface area contributed by atoms with Gasteiger partial charge < -0.3 is 10.6 Å². The van der Waals surface area contributed by atoms with E-state index in [4.69, 9.17) is 5.73 Å². The Balaban J connectivity index is 2.20. The lowest BCUT2D eigenvalue weighted by atomic mass is 10.1. The van der Waals surface area contributed by atoms with Crippen LogP contribution in [0.1, 0.15) is 18.5 Å². The highest BCUT2D eigenvalue weighted by atomic mass is 79.9. The SMILES string of the molecule is CC(N)c1ccc(N2CCS(=O)(=O)CC2)c(Br)c1. The van der Waals surface area contributed by atoms with Crippen molar-refractivity contribution >= 4 is 31.5 Å². The first-order valence-corrected chi connectivity index (χ1v) is 8.51. The fourth-order valence-corrected chi connectivity index (χ4v) is 3.86. The highest BCUT2D eigenvalue weighted by Crippen LogP contribution is 2.29. The molecule has 0 saturated carbocycles. The first kappa shape index (κ1) is 13.8. The maximum absolute atomic E-state index is 11.4. The minimum absolute atomic E-state index is 0.00270. The molecule has 1 fully saturated rings. The van der Waals surface area contributed by atoms with Crippen molar-refractivity contribution in [2.24, 2.45) is 5.73 Å². The van der Waals surface area contributed by atoms with Crippen molar-refractivity contribution in [1.29, 1.82) is 0 Å². The zero-order valence-corrected chi connectivity index (χ0v) is 12.7. The van der Waals surface area contributed by atoms with E-state index in [1.807, 2.05) is 25.1 Å². The summed E-state index contributed by atoms with van der Waals surface area (Å²) in [6.45, 7) is 3.05.